The molecule has 2 saturated heterocycles. The number of benzene rings is 1. The molecule has 0 amide bonds. The van der Waals surface area contributed by atoms with Gasteiger partial charge < -0.3 is 15.0 Å². The number of aromatic nitrogens is 4. The van der Waals surface area contributed by atoms with E-state index in [1.165, 1.54) is 4.57 Å². The summed E-state index contributed by atoms with van der Waals surface area (Å²) in [6.07, 6.45) is -0.799. The van der Waals surface area contributed by atoms with Crippen LogP contribution in [-0.2, 0) is 4.74 Å². The summed E-state index contributed by atoms with van der Waals surface area (Å²) in [6, 6.07) is 9.14. The van der Waals surface area contributed by atoms with Crippen molar-refractivity contribution < 1.29 is 13.5 Å². The smallest absolute Gasteiger partial charge is 0.296 e. The summed E-state index contributed by atoms with van der Waals surface area (Å²) >= 11 is 0. The molecule has 0 bridgehead atoms. The number of ether oxygens (including phenoxy) is 1. The van der Waals surface area contributed by atoms with Gasteiger partial charge in [-0.2, -0.15) is 4.98 Å². The number of anilines is 1. The molecule has 3 aromatic rings. The van der Waals surface area contributed by atoms with Crippen molar-refractivity contribution in [3.63, 3.8) is 0 Å². The molecule has 0 unspecified atom stereocenters. The van der Waals surface area contributed by atoms with Crippen LogP contribution in [0.4, 0.5) is 14.6 Å². The first-order chi connectivity index (χ1) is 14.7. The Balaban J connectivity index is 1.67. The minimum Gasteiger partial charge on any atom is -0.378 e. The monoisotopic (exact) mass is 414 g/mol. The third-order valence-corrected chi connectivity index (χ3v) is 5.80. The van der Waals surface area contributed by atoms with Gasteiger partial charge in [-0.15, -0.1) is 0 Å². The van der Waals surface area contributed by atoms with E-state index in [-0.39, 0.29) is 17.7 Å². The Morgan fingerprint density at radius 2 is 1.80 bits per heavy atom. The van der Waals surface area contributed by atoms with Crippen LogP contribution in [-0.4, -0.2) is 58.9 Å². The fraction of sp³-hybridized carbons (Fsp3) is 0.476. The van der Waals surface area contributed by atoms with Gasteiger partial charge in [-0.25, -0.2) is 18.7 Å². The summed E-state index contributed by atoms with van der Waals surface area (Å²) in [5.74, 6) is 0.968. The van der Waals surface area contributed by atoms with Crippen LogP contribution >= 0.6 is 0 Å². The van der Waals surface area contributed by atoms with Gasteiger partial charge in [0.25, 0.3) is 6.43 Å². The number of imidazole rings is 1. The number of fused-ring (bicyclic) bond motifs is 1. The van der Waals surface area contributed by atoms with Crippen LogP contribution in [0.2, 0.25) is 0 Å². The first-order valence-corrected chi connectivity index (χ1v) is 10.4. The summed E-state index contributed by atoms with van der Waals surface area (Å²) in [5, 5.41) is 3.37. The number of alkyl halides is 2. The molecule has 158 valence electrons. The zero-order valence-electron chi connectivity index (χ0n) is 16.6. The maximum absolute atomic E-state index is 13.9. The molecule has 4 heterocycles. The lowest BCUT2D eigenvalue weighted by molar-refractivity contribution is 0.122. The normalized spacial score (nSPS) is 18.4. The molecule has 7 nitrogen and oxygen atoms in total. The fourth-order valence-corrected chi connectivity index (χ4v) is 4.22. The average Bonchev–Trinajstić information content (AvgIpc) is 3.20. The van der Waals surface area contributed by atoms with Crippen molar-refractivity contribution in [2.24, 2.45) is 0 Å². The quantitative estimate of drug-likeness (QED) is 0.708. The standard InChI is InChI=1S/C21H24F2N6O/c22-19(23)20-25-15-3-1-2-4-17(15)29(20)21-26-16(14-5-7-24-8-6-14)13-18(27-21)28-9-11-30-12-10-28/h1-4,13-14,19,24H,5-12H2. The zero-order valence-corrected chi connectivity index (χ0v) is 16.6. The van der Waals surface area contributed by atoms with Crippen molar-refractivity contribution in [1.82, 2.24) is 24.8 Å². The Kier molecular flexibility index (Phi) is 5.30. The van der Waals surface area contributed by atoms with E-state index in [0.29, 0.717) is 37.3 Å². The number of hydrogen-bond acceptors (Lipinski definition) is 6. The second kappa shape index (κ2) is 8.23. The molecular weight excluding hydrogens is 390 g/mol. The second-order valence-corrected chi connectivity index (χ2v) is 7.67. The SMILES string of the molecule is FC(F)c1nc2ccccc2n1-c1nc(C2CCNCC2)cc(N2CCOCC2)n1. The minimum absolute atomic E-state index is 0.261. The Labute approximate surface area is 173 Å². The average molecular weight is 414 g/mol. The predicted molar refractivity (Wildman–Crippen MR) is 109 cm³/mol. The summed E-state index contributed by atoms with van der Waals surface area (Å²) in [6.45, 7) is 4.53. The van der Waals surface area contributed by atoms with Crippen molar-refractivity contribution in [1.29, 1.82) is 0 Å². The molecule has 0 aliphatic carbocycles. The lowest BCUT2D eigenvalue weighted by atomic mass is 9.94. The molecule has 30 heavy (non-hydrogen) atoms. The van der Waals surface area contributed by atoms with Gasteiger partial charge in [0.2, 0.25) is 5.95 Å². The predicted octanol–water partition coefficient (Wildman–Crippen LogP) is 3.06. The molecule has 5 rings (SSSR count). The van der Waals surface area contributed by atoms with E-state index in [0.717, 1.165) is 37.4 Å². The van der Waals surface area contributed by atoms with E-state index in [4.69, 9.17) is 14.7 Å². The van der Waals surface area contributed by atoms with Gasteiger partial charge >= 0.3 is 0 Å². The van der Waals surface area contributed by atoms with E-state index in [1.807, 2.05) is 12.1 Å². The number of morpholine rings is 1. The van der Waals surface area contributed by atoms with Crippen LogP contribution in [0.1, 0.15) is 36.7 Å². The number of para-hydroxylation sites is 2. The van der Waals surface area contributed by atoms with E-state index in [9.17, 15) is 8.78 Å². The lowest BCUT2D eigenvalue weighted by Crippen LogP contribution is -2.37. The highest BCUT2D eigenvalue weighted by Crippen LogP contribution is 2.31. The molecule has 2 aromatic heterocycles. The summed E-state index contributed by atoms with van der Waals surface area (Å²) in [7, 11) is 0. The lowest BCUT2D eigenvalue weighted by Gasteiger charge is -2.29. The number of nitrogens with zero attached hydrogens (tertiary/aromatic N) is 5. The molecule has 2 aliphatic heterocycles. The Bertz CT molecular complexity index is 991. The van der Waals surface area contributed by atoms with Crippen molar-refractivity contribution in [3.05, 3.63) is 41.9 Å². The second-order valence-electron chi connectivity index (χ2n) is 7.67. The molecule has 2 fully saturated rings. The van der Waals surface area contributed by atoms with E-state index >= 15 is 0 Å². The van der Waals surface area contributed by atoms with E-state index in [2.05, 4.69) is 15.2 Å². The van der Waals surface area contributed by atoms with Crippen LogP contribution in [0.15, 0.2) is 30.3 Å². The van der Waals surface area contributed by atoms with Gasteiger partial charge in [-0.05, 0) is 38.1 Å². The molecular formula is C21H24F2N6O. The van der Waals surface area contributed by atoms with Gasteiger partial charge in [0, 0.05) is 25.1 Å². The summed E-state index contributed by atoms with van der Waals surface area (Å²) in [4.78, 5) is 15.8. The topological polar surface area (TPSA) is 68.1 Å². The van der Waals surface area contributed by atoms with E-state index < -0.39 is 6.43 Å². The van der Waals surface area contributed by atoms with E-state index in [1.54, 1.807) is 18.2 Å². The number of halogens is 2. The maximum atomic E-state index is 13.9. The minimum atomic E-state index is -2.73. The first kappa shape index (κ1) is 19.3. The van der Waals surface area contributed by atoms with Gasteiger partial charge in [-0.1, -0.05) is 12.1 Å². The van der Waals surface area contributed by atoms with Gasteiger partial charge in [0.1, 0.15) is 5.82 Å². The Morgan fingerprint density at radius 3 is 2.57 bits per heavy atom. The maximum Gasteiger partial charge on any atom is 0.296 e. The molecule has 2 aliphatic rings. The summed E-state index contributed by atoms with van der Waals surface area (Å²) < 4.78 is 34.7. The van der Waals surface area contributed by atoms with Gasteiger partial charge in [0.15, 0.2) is 5.82 Å². The van der Waals surface area contributed by atoms with Crippen LogP contribution < -0.4 is 10.2 Å². The molecule has 0 saturated carbocycles. The molecule has 0 spiro atoms. The van der Waals surface area contributed by atoms with Crippen molar-refractivity contribution in [2.45, 2.75) is 25.2 Å². The molecule has 1 aromatic carbocycles. The van der Waals surface area contributed by atoms with Crippen molar-refractivity contribution >= 4 is 16.9 Å². The van der Waals surface area contributed by atoms with Gasteiger partial charge in [0.05, 0.1) is 29.9 Å². The highest BCUT2D eigenvalue weighted by atomic mass is 19.3. The molecule has 9 heteroatoms. The fourth-order valence-electron chi connectivity index (χ4n) is 4.22. The largest absolute Gasteiger partial charge is 0.378 e. The Morgan fingerprint density at radius 1 is 1.03 bits per heavy atom. The molecule has 1 N–H and O–H groups in total. The van der Waals surface area contributed by atoms with Gasteiger partial charge in [-0.3, -0.25) is 4.57 Å². The molecule has 0 radical (unpaired) electrons. The van der Waals surface area contributed by atoms with Crippen LogP contribution in [0.5, 0.6) is 0 Å². The first-order valence-electron chi connectivity index (χ1n) is 10.4. The number of piperidine rings is 1. The van der Waals surface area contributed by atoms with Crippen LogP contribution in [0, 0.1) is 0 Å². The number of rotatable bonds is 4. The highest BCUT2D eigenvalue weighted by Gasteiger charge is 2.25. The third-order valence-electron chi connectivity index (χ3n) is 5.80. The zero-order chi connectivity index (χ0) is 20.5. The van der Waals surface area contributed by atoms with Crippen LogP contribution in [0.25, 0.3) is 17.0 Å². The molecule has 0 atom stereocenters. The van der Waals surface area contributed by atoms with Crippen molar-refractivity contribution in [2.75, 3.05) is 44.3 Å². The third kappa shape index (κ3) is 3.63. The number of nitrogens with one attached hydrogen (secondary N) is 1. The highest BCUT2D eigenvalue weighted by molar-refractivity contribution is 5.77. The number of hydrogen-bond donors (Lipinski definition) is 1. The Hall–Kier alpha value is -2.65. The van der Waals surface area contributed by atoms with Crippen molar-refractivity contribution in [3.8, 4) is 5.95 Å². The van der Waals surface area contributed by atoms with Crippen LogP contribution in [0.3, 0.4) is 0 Å². The summed E-state index contributed by atoms with van der Waals surface area (Å²) in [5.41, 5.74) is 2.00.